The van der Waals surface area contributed by atoms with E-state index in [4.69, 9.17) is 5.11 Å². The van der Waals surface area contributed by atoms with Crippen LogP contribution in [-0.4, -0.2) is 25.8 Å². The maximum Gasteiger partial charge on any atom is 0.339 e. The van der Waals surface area contributed by atoms with Gasteiger partial charge in [0.25, 0.3) is 0 Å². The van der Waals surface area contributed by atoms with Gasteiger partial charge in [-0.15, -0.1) is 0 Å². The molecule has 0 unspecified atom stereocenters. The van der Waals surface area contributed by atoms with Crippen molar-refractivity contribution in [3.63, 3.8) is 0 Å². The van der Waals surface area contributed by atoms with E-state index in [-0.39, 0.29) is 5.56 Å². The number of aryl methyl sites for hydroxylation is 2. The van der Waals surface area contributed by atoms with Gasteiger partial charge in [-0.3, -0.25) is 0 Å². The molecule has 1 aromatic carbocycles. The van der Waals surface area contributed by atoms with Crippen LogP contribution in [0.4, 0.5) is 0 Å². The average Bonchev–Trinajstić information content (AvgIpc) is 2.80. The highest BCUT2D eigenvalue weighted by molar-refractivity contribution is 5.88. The second-order valence-electron chi connectivity index (χ2n) is 4.70. The quantitative estimate of drug-likeness (QED) is 0.775. The van der Waals surface area contributed by atoms with E-state index >= 15 is 0 Å². The Kier molecular flexibility index (Phi) is 2.75. The topological polar surface area (TPSA) is 68.0 Å². The summed E-state index contributed by atoms with van der Waals surface area (Å²) >= 11 is 0. The number of aromatic carboxylic acids is 1. The van der Waals surface area contributed by atoms with E-state index in [1.54, 1.807) is 6.92 Å². The van der Waals surface area contributed by atoms with Gasteiger partial charge in [0.15, 0.2) is 5.82 Å². The number of aromatic nitrogens is 3. The predicted molar refractivity (Wildman–Crippen MR) is 75.3 cm³/mol. The van der Waals surface area contributed by atoms with Crippen LogP contribution < -0.4 is 0 Å². The van der Waals surface area contributed by atoms with Crippen molar-refractivity contribution in [2.45, 2.75) is 13.8 Å². The zero-order valence-electron chi connectivity index (χ0n) is 11.2. The Morgan fingerprint density at radius 2 is 2.00 bits per heavy atom. The minimum Gasteiger partial charge on any atom is -0.478 e. The van der Waals surface area contributed by atoms with Crippen LogP contribution >= 0.6 is 0 Å². The highest BCUT2D eigenvalue weighted by Crippen LogP contribution is 2.19. The molecule has 0 bridgehead atoms. The molecule has 3 rings (SSSR count). The van der Waals surface area contributed by atoms with Gasteiger partial charge in [0.05, 0.1) is 11.2 Å². The van der Waals surface area contributed by atoms with Gasteiger partial charge in [-0.05, 0) is 31.5 Å². The second-order valence-corrected chi connectivity index (χ2v) is 4.70. The van der Waals surface area contributed by atoms with Gasteiger partial charge in [0.2, 0.25) is 0 Å². The molecule has 0 saturated heterocycles. The van der Waals surface area contributed by atoms with Gasteiger partial charge in [0.1, 0.15) is 5.56 Å². The number of carboxylic acids is 1. The number of rotatable bonds is 2. The zero-order chi connectivity index (χ0) is 14.3. The van der Waals surface area contributed by atoms with E-state index in [1.165, 1.54) is 10.9 Å². The Bertz CT molecular complexity index is 821. The molecular formula is C15H13N3O2. The lowest BCUT2D eigenvalue weighted by molar-refractivity contribution is 0.0696. The molecule has 0 amide bonds. The van der Waals surface area contributed by atoms with Gasteiger partial charge >= 0.3 is 5.97 Å². The van der Waals surface area contributed by atoms with Gasteiger partial charge in [-0.2, -0.15) is 5.10 Å². The minimum absolute atomic E-state index is 0.194. The van der Waals surface area contributed by atoms with Crippen LogP contribution in [0.15, 0.2) is 36.5 Å². The number of hydrogen-bond acceptors (Lipinski definition) is 3. The monoisotopic (exact) mass is 267 g/mol. The molecule has 2 aromatic heterocycles. The predicted octanol–water partition coefficient (Wildman–Crippen LogP) is 2.74. The Balaban J connectivity index is 2.21. The summed E-state index contributed by atoms with van der Waals surface area (Å²) < 4.78 is 1.53. The highest BCUT2D eigenvalue weighted by atomic mass is 16.4. The molecule has 0 aliphatic heterocycles. The van der Waals surface area contributed by atoms with E-state index in [1.807, 2.05) is 37.3 Å². The number of pyridine rings is 1. The lowest BCUT2D eigenvalue weighted by Gasteiger charge is -2.06. The zero-order valence-corrected chi connectivity index (χ0v) is 11.2. The van der Waals surface area contributed by atoms with Gasteiger partial charge < -0.3 is 5.11 Å². The molecule has 20 heavy (non-hydrogen) atoms. The van der Waals surface area contributed by atoms with Crippen LogP contribution in [-0.2, 0) is 0 Å². The van der Waals surface area contributed by atoms with E-state index in [2.05, 4.69) is 10.1 Å². The fourth-order valence-electron chi connectivity index (χ4n) is 2.22. The van der Waals surface area contributed by atoms with E-state index in [0.29, 0.717) is 11.5 Å². The number of benzene rings is 1. The molecule has 1 N–H and O–H groups in total. The molecule has 0 aliphatic carbocycles. The normalized spacial score (nSPS) is 10.9. The van der Waals surface area contributed by atoms with Crippen LogP contribution in [0, 0.1) is 13.8 Å². The molecule has 0 saturated carbocycles. The fourth-order valence-corrected chi connectivity index (χ4v) is 2.22. The molecule has 0 spiro atoms. The van der Waals surface area contributed by atoms with Crippen molar-refractivity contribution in [1.29, 1.82) is 0 Å². The molecule has 100 valence electrons. The van der Waals surface area contributed by atoms with Crippen molar-refractivity contribution in [3.05, 3.63) is 53.3 Å². The second kappa shape index (κ2) is 4.45. The molecule has 0 radical (unpaired) electrons. The van der Waals surface area contributed by atoms with Crippen molar-refractivity contribution >= 4 is 16.9 Å². The summed E-state index contributed by atoms with van der Waals surface area (Å²) in [6.45, 7) is 3.61. The molecule has 2 heterocycles. The van der Waals surface area contributed by atoms with Crippen molar-refractivity contribution in [2.75, 3.05) is 0 Å². The highest BCUT2D eigenvalue weighted by Gasteiger charge is 2.14. The summed E-state index contributed by atoms with van der Waals surface area (Å²) in [7, 11) is 0. The summed E-state index contributed by atoms with van der Waals surface area (Å²) in [6, 6.07) is 9.83. The first-order valence-electron chi connectivity index (χ1n) is 6.22. The Morgan fingerprint density at radius 3 is 2.70 bits per heavy atom. The van der Waals surface area contributed by atoms with E-state index < -0.39 is 5.97 Å². The van der Waals surface area contributed by atoms with Crippen LogP contribution in [0.3, 0.4) is 0 Å². The molecule has 5 heteroatoms. The average molecular weight is 267 g/mol. The van der Waals surface area contributed by atoms with Crippen LogP contribution in [0.5, 0.6) is 0 Å². The number of nitrogens with zero attached hydrogens (tertiary/aromatic N) is 3. The molecular weight excluding hydrogens is 254 g/mol. The minimum atomic E-state index is -0.979. The summed E-state index contributed by atoms with van der Waals surface area (Å²) in [5, 5.41) is 14.4. The number of hydrogen-bond donors (Lipinski definition) is 1. The van der Waals surface area contributed by atoms with Crippen LogP contribution in [0.1, 0.15) is 21.6 Å². The first-order valence-corrected chi connectivity index (χ1v) is 6.22. The lowest BCUT2D eigenvalue weighted by Crippen LogP contribution is -2.02. The first-order chi connectivity index (χ1) is 9.56. The van der Waals surface area contributed by atoms with Gasteiger partial charge in [-0.1, -0.05) is 18.2 Å². The maximum atomic E-state index is 11.1. The molecule has 3 aromatic rings. The number of fused-ring (bicyclic) bond motifs is 1. The Labute approximate surface area is 115 Å². The SMILES string of the molecule is Cc1cc2ccccc2nc1-n1cc(C(=O)O)c(C)n1. The summed E-state index contributed by atoms with van der Waals surface area (Å²) in [5.41, 5.74) is 2.48. The van der Waals surface area contributed by atoms with Crippen molar-refractivity contribution in [2.24, 2.45) is 0 Å². The van der Waals surface area contributed by atoms with Gasteiger partial charge in [0, 0.05) is 11.6 Å². The molecule has 5 nitrogen and oxygen atoms in total. The molecule has 0 aliphatic rings. The van der Waals surface area contributed by atoms with Crippen LogP contribution in [0.25, 0.3) is 16.7 Å². The smallest absolute Gasteiger partial charge is 0.339 e. The molecule has 0 fully saturated rings. The Morgan fingerprint density at radius 1 is 1.25 bits per heavy atom. The number of carboxylic acid groups (broad SMARTS) is 1. The van der Waals surface area contributed by atoms with Gasteiger partial charge in [-0.25, -0.2) is 14.5 Å². The molecule has 0 atom stereocenters. The van der Waals surface area contributed by atoms with E-state index in [0.717, 1.165) is 16.5 Å². The van der Waals surface area contributed by atoms with Crippen molar-refractivity contribution < 1.29 is 9.90 Å². The number of carbonyl (C=O) groups is 1. The van der Waals surface area contributed by atoms with E-state index in [9.17, 15) is 4.79 Å². The largest absolute Gasteiger partial charge is 0.478 e. The standard InChI is InChI=1S/C15H13N3O2/c1-9-7-11-5-3-4-6-13(11)16-14(9)18-8-12(15(19)20)10(2)17-18/h3-8H,1-2H3,(H,19,20). The van der Waals surface area contributed by atoms with Crippen molar-refractivity contribution in [3.8, 4) is 5.82 Å². The Hall–Kier alpha value is -2.69. The third-order valence-corrected chi connectivity index (χ3v) is 3.23. The lowest BCUT2D eigenvalue weighted by atomic mass is 10.1. The third-order valence-electron chi connectivity index (χ3n) is 3.23. The summed E-state index contributed by atoms with van der Waals surface area (Å²) in [5.74, 6) is -0.327. The first kappa shape index (κ1) is 12.3. The summed E-state index contributed by atoms with van der Waals surface area (Å²) in [6.07, 6.45) is 1.50. The van der Waals surface area contributed by atoms with Crippen molar-refractivity contribution in [1.82, 2.24) is 14.8 Å². The summed E-state index contributed by atoms with van der Waals surface area (Å²) in [4.78, 5) is 15.7. The third kappa shape index (κ3) is 1.93. The van der Waals surface area contributed by atoms with Crippen LogP contribution in [0.2, 0.25) is 0 Å². The maximum absolute atomic E-state index is 11.1. The fraction of sp³-hybridized carbons (Fsp3) is 0.133. The number of para-hydroxylation sites is 1.